The molecule has 0 aromatic carbocycles. The first-order valence-electron chi connectivity index (χ1n) is 6.28. The zero-order valence-corrected chi connectivity index (χ0v) is 12.3. The number of halogens is 4. The fraction of sp³-hybridized carbons (Fsp3) is 0.667. The quantitative estimate of drug-likeness (QED) is 0.665. The molecule has 1 aromatic heterocycles. The van der Waals surface area contributed by atoms with E-state index in [1.807, 2.05) is 0 Å². The molecule has 8 heteroatoms. The van der Waals surface area contributed by atoms with Crippen LogP contribution in [0.25, 0.3) is 0 Å². The molecule has 112 valence electrons. The Hall–Kier alpha value is -0.690. The van der Waals surface area contributed by atoms with Gasteiger partial charge in [-0.05, 0) is 19.8 Å². The van der Waals surface area contributed by atoms with Crippen LogP contribution in [0.4, 0.5) is 13.2 Å². The molecular formula is C12H14ClF3N2OS. The highest BCUT2D eigenvalue weighted by molar-refractivity contribution is 8.00. The van der Waals surface area contributed by atoms with Gasteiger partial charge in [0.05, 0.1) is 0 Å². The predicted octanol–water partition coefficient (Wildman–Crippen LogP) is 3.74. The number of rotatable bonds is 2. The molecule has 20 heavy (non-hydrogen) atoms. The average molecular weight is 327 g/mol. The summed E-state index contributed by atoms with van der Waals surface area (Å²) in [5, 5.41) is -0.590. The van der Waals surface area contributed by atoms with E-state index in [-0.39, 0.29) is 21.5 Å². The van der Waals surface area contributed by atoms with Crippen molar-refractivity contribution in [1.82, 2.24) is 9.97 Å². The minimum atomic E-state index is -4.72. The molecule has 2 rings (SSSR count). The predicted molar refractivity (Wildman–Crippen MR) is 72.4 cm³/mol. The maximum atomic E-state index is 13.0. The zero-order chi connectivity index (χ0) is 14.9. The summed E-state index contributed by atoms with van der Waals surface area (Å²) in [7, 11) is 0. The summed E-state index contributed by atoms with van der Waals surface area (Å²) in [6.07, 6.45) is -1.27. The van der Waals surface area contributed by atoms with Gasteiger partial charge in [0.1, 0.15) is 10.9 Å². The Morgan fingerprint density at radius 1 is 1.35 bits per heavy atom. The Morgan fingerprint density at radius 2 is 2.00 bits per heavy atom. The topological polar surface area (TPSA) is 45.8 Å². The summed E-state index contributed by atoms with van der Waals surface area (Å²) < 4.78 is 39.0. The normalized spacial score (nSPS) is 23.9. The molecule has 0 radical (unpaired) electrons. The highest BCUT2D eigenvalue weighted by Gasteiger charge is 2.39. The van der Waals surface area contributed by atoms with Crippen molar-refractivity contribution in [3.05, 3.63) is 21.7 Å². The molecule has 0 bridgehead atoms. The molecule has 0 amide bonds. The third kappa shape index (κ3) is 3.49. The molecule has 3 nitrogen and oxygen atoms in total. The number of thioether (sulfide) groups is 1. The van der Waals surface area contributed by atoms with Crippen molar-refractivity contribution in [3.8, 4) is 0 Å². The van der Waals surface area contributed by atoms with Crippen LogP contribution in [0.1, 0.15) is 37.1 Å². The Morgan fingerprint density at radius 3 is 2.60 bits per heavy atom. The van der Waals surface area contributed by atoms with E-state index in [1.54, 1.807) is 0 Å². The molecule has 1 fully saturated rings. The van der Waals surface area contributed by atoms with Crippen molar-refractivity contribution >= 4 is 23.4 Å². The van der Waals surface area contributed by atoms with Crippen molar-refractivity contribution < 1.29 is 13.2 Å². The van der Waals surface area contributed by atoms with E-state index < -0.39 is 17.3 Å². The summed E-state index contributed by atoms with van der Waals surface area (Å²) in [5.41, 5.74) is -2.36. The maximum absolute atomic E-state index is 13.0. The van der Waals surface area contributed by atoms with Gasteiger partial charge in [-0.2, -0.15) is 13.2 Å². The Labute approximate surface area is 123 Å². The second-order valence-electron chi connectivity index (χ2n) is 4.79. The highest BCUT2D eigenvalue weighted by atomic mass is 35.5. The van der Waals surface area contributed by atoms with Gasteiger partial charge in [-0.3, -0.25) is 4.79 Å². The van der Waals surface area contributed by atoms with Crippen LogP contribution in [-0.2, 0) is 6.18 Å². The molecule has 0 unspecified atom stereocenters. The molecule has 1 saturated carbocycles. The third-order valence-electron chi connectivity index (χ3n) is 3.17. The van der Waals surface area contributed by atoms with Crippen molar-refractivity contribution in [2.75, 3.05) is 0 Å². The van der Waals surface area contributed by atoms with Gasteiger partial charge in [-0.25, -0.2) is 4.98 Å². The molecule has 1 aliphatic rings. The lowest BCUT2D eigenvalue weighted by atomic mass is 10.00. The van der Waals surface area contributed by atoms with Crippen molar-refractivity contribution in [2.24, 2.45) is 0 Å². The molecule has 0 saturated heterocycles. The number of hydrogen-bond donors (Lipinski definition) is 1. The first-order valence-corrected chi connectivity index (χ1v) is 7.59. The highest BCUT2D eigenvalue weighted by Crippen LogP contribution is 2.40. The number of aromatic amines is 1. The largest absolute Gasteiger partial charge is 0.424 e. The molecule has 1 aromatic rings. The van der Waals surface area contributed by atoms with Gasteiger partial charge in [0.15, 0.2) is 5.56 Å². The minimum Gasteiger partial charge on any atom is -0.310 e. The van der Waals surface area contributed by atoms with Gasteiger partial charge in [0, 0.05) is 10.6 Å². The van der Waals surface area contributed by atoms with Gasteiger partial charge < -0.3 is 4.98 Å². The molecular weight excluding hydrogens is 313 g/mol. The summed E-state index contributed by atoms with van der Waals surface area (Å²) in [4.78, 5) is 17.5. The first kappa shape index (κ1) is 15.7. The Balaban J connectivity index is 2.37. The van der Waals surface area contributed by atoms with Crippen LogP contribution < -0.4 is 5.56 Å². The van der Waals surface area contributed by atoms with E-state index >= 15 is 0 Å². The summed E-state index contributed by atoms with van der Waals surface area (Å²) >= 11 is 7.13. The standard InChI is InChI=1S/C12H14ClF3N2OS/c1-6-17-10(19)9(12(14,15)16)11(18-6)20-8-5-3-2-4-7(8)13/h7-8H,2-5H2,1H3,(H,17,18,19)/t7-,8+/m0/s1. The number of H-pyrrole nitrogens is 1. The molecule has 1 heterocycles. The second-order valence-corrected chi connectivity index (χ2v) is 6.57. The fourth-order valence-corrected chi connectivity index (χ4v) is 4.03. The van der Waals surface area contributed by atoms with E-state index in [2.05, 4.69) is 9.97 Å². The number of hydrogen-bond acceptors (Lipinski definition) is 3. The van der Waals surface area contributed by atoms with Crippen LogP contribution in [0.2, 0.25) is 0 Å². The number of aryl methyl sites for hydroxylation is 1. The lowest BCUT2D eigenvalue weighted by Crippen LogP contribution is -2.27. The van der Waals surface area contributed by atoms with E-state index in [0.29, 0.717) is 0 Å². The van der Waals surface area contributed by atoms with Gasteiger partial charge in [0.25, 0.3) is 5.56 Å². The van der Waals surface area contributed by atoms with E-state index in [4.69, 9.17) is 11.6 Å². The lowest BCUT2D eigenvalue weighted by Gasteiger charge is -2.26. The lowest BCUT2D eigenvalue weighted by molar-refractivity contribution is -0.141. The van der Waals surface area contributed by atoms with E-state index in [1.165, 1.54) is 6.92 Å². The van der Waals surface area contributed by atoms with Crippen molar-refractivity contribution in [1.29, 1.82) is 0 Å². The zero-order valence-electron chi connectivity index (χ0n) is 10.8. The molecule has 1 N–H and O–H groups in total. The van der Waals surface area contributed by atoms with E-state index in [0.717, 1.165) is 37.4 Å². The second kappa shape index (κ2) is 5.97. The monoisotopic (exact) mass is 326 g/mol. The minimum absolute atomic E-state index is 0.139. The Bertz CT molecular complexity index is 546. The van der Waals surface area contributed by atoms with Crippen LogP contribution in [0, 0.1) is 6.92 Å². The van der Waals surface area contributed by atoms with E-state index in [9.17, 15) is 18.0 Å². The number of aromatic nitrogens is 2. The van der Waals surface area contributed by atoms with Crippen LogP contribution in [-0.4, -0.2) is 20.6 Å². The molecule has 1 aliphatic carbocycles. The third-order valence-corrected chi connectivity index (χ3v) is 5.23. The summed E-state index contributed by atoms with van der Waals surface area (Å²) in [5.74, 6) is 0.174. The number of nitrogens with zero attached hydrogens (tertiary/aromatic N) is 1. The smallest absolute Gasteiger partial charge is 0.310 e. The fourth-order valence-electron chi connectivity index (χ4n) is 2.22. The average Bonchev–Trinajstić information content (AvgIpc) is 2.29. The molecule has 0 aliphatic heterocycles. The van der Waals surface area contributed by atoms with Gasteiger partial charge in [-0.15, -0.1) is 23.4 Å². The SMILES string of the molecule is Cc1nc(S[C@@H]2CCCC[C@@H]2Cl)c(C(F)(F)F)c(=O)[nH]1. The van der Waals surface area contributed by atoms with Crippen molar-refractivity contribution in [3.63, 3.8) is 0 Å². The van der Waals surface area contributed by atoms with Crippen molar-refractivity contribution in [2.45, 2.75) is 54.4 Å². The Kier molecular flexibility index (Phi) is 4.69. The van der Waals surface area contributed by atoms with Gasteiger partial charge >= 0.3 is 6.18 Å². The summed E-state index contributed by atoms with van der Waals surface area (Å²) in [6.45, 7) is 1.46. The van der Waals surface area contributed by atoms with Crippen LogP contribution in [0.5, 0.6) is 0 Å². The van der Waals surface area contributed by atoms with Crippen LogP contribution in [0.15, 0.2) is 9.82 Å². The van der Waals surface area contributed by atoms with Crippen LogP contribution in [0.3, 0.4) is 0 Å². The first-order chi connectivity index (χ1) is 9.29. The van der Waals surface area contributed by atoms with Gasteiger partial charge in [-0.1, -0.05) is 12.8 Å². The number of alkyl halides is 4. The summed E-state index contributed by atoms with van der Waals surface area (Å²) in [6, 6.07) is 0. The molecule has 2 atom stereocenters. The van der Waals surface area contributed by atoms with Crippen LogP contribution >= 0.6 is 23.4 Å². The van der Waals surface area contributed by atoms with Gasteiger partial charge in [0.2, 0.25) is 0 Å². The number of nitrogens with one attached hydrogen (secondary N) is 1. The molecule has 0 spiro atoms. The maximum Gasteiger partial charge on any atom is 0.424 e.